The monoisotopic (exact) mass is 501 g/mol. The van der Waals surface area contributed by atoms with Crippen LogP contribution in [0.25, 0.3) is 10.9 Å². The molecule has 2 N–H and O–H groups in total. The van der Waals surface area contributed by atoms with Crippen LogP contribution in [-0.2, 0) is 14.5 Å². The molecule has 2 heterocycles. The SMILES string of the molecule is CC1(C)COC2(CCC(CNCC3CCC(CNc4ccnc5cc(Cl)ccc45)CC3)CC2)OO1. The van der Waals surface area contributed by atoms with E-state index in [1.165, 1.54) is 25.7 Å². The van der Waals surface area contributed by atoms with Crippen LogP contribution >= 0.6 is 11.6 Å². The number of pyridine rings is 1. The maximum atomic E-state index is 6.12. The van der Waals surface area contributed by atoms with E-state index in [-0.39, 0.29) is 5.60 Å². The first-order valence-corrected chi connectivity index (χ1v) is 13.8. The Kier molecular flexibility index (Phi) is 7.85. The van der Waals surface area contributed by atoms with Crippen molar-refractivity contribution in [2.24, 2.45) is 17.8 Å². The van der Waals surface area contributed by atoms with Crippen molar-refractivity contribution >= 4 is 28.2 Å². The number of aromatic nitrogens is 1. The standard InChI is InChI=1S/C28H40ClN3O3/c1-27(2)19-33-28(35-34-27)12-9-22(10-13-28)17-30-16-20-3-5-21(6-4-20)18-32-25-11-14-31-26-15-23(29)7-8-24(25)26/h7-8,11,14-15,20-22,30H,3-6,9-10,12-13,16-19H2,1-2H3,(H,31,32). The van der Waals surface area contributed by atoms with E-state index in [1.807, 2.05) is 32.2 Å². The van der Waals surface area contributed by atoms with Gasteiger partial charge >= 0.3 is 0 Å². The minimum atomic E-state index is -0.506. The molecular weight excluding hydrogens is 462 g/mol. The fraction of sp³-hybridized carbons (Fsp3) is 0.679. The molecule has 5 rings (SSSR count). The Morgan fingerprint density at radius 2 is 1.60 bits per heavy atom. The van der Waals surface area contributed by atoms with Crippen molar-refractivity contribution in [2.75, 3.05) is 31.6 Å². The lowest BCUT2D eigenvalue weighted by Crippen LogP contribution is -2.51. The van der Waals surface area contributed by atoms with Gasteiger partial charge < -0.3 is 15.4 Å². The zero-order valence-corrected chi connectivity index (χ0v) is 21.9. The summed E-state index contributed by atoms with van der Waals surface area (Å²) in [5, 5.41) is 9.33. The molecular formula is C28H40ClN3O3. The number of benzene rings is 1. The Bertz CT molecular complexity index is 973. The van der Waals surface area contributed by atoms with Gasteiger partial charge in [0, 0.05) is 41.7 Å². The summed E-state index contributed by atoms with van der Waals surface area (Å²) in [5.74, 6) is 1.73. The van der Waals surface area contributed by atoms with Crippen molar-refractivity contribution in [1.29, 1.82) is 0 Å². The number of hydrogen-bond donors (Lipinski definition) is 2. The number of nitrogens with one attached hydrogen (secondary N) is 2. The lowest BCUT2D eigenvalue weighted by Gasteiger charge is -2.45. The van der Waals surface area contributed by atoms with Crippen LogP contribution in [0.1, 0.15) is 65.2 Å². The molecule has 1 aromatic heterocycles. The molecule has 2 saturated carbocycles. The van der Waals surface area contributed by atoms with Crippen molar-refractivity contribution in [1.82, 2.24) is 10.3 Å². The minimum Gasteiger partial charge on any atom is -0.384 e. The van der Waals surface area contributed by atoms with Gasteiger partial charge in [-0.15, -0.1) is 0 Å². The number of nitrogens with zero attached hydrogens (tertiary/aromatic N) is 1. The van der Waals surface area contributed by atoms with E-state index in [1.54, 1.807) is 0 Å². The van der Waals surface area contributed by atoms with E-state index < -0.39 is 5.79 Å². The summed E-state index contributed by atoms with van der Waals surface area (Å²) >= 11 is 6.12. The maximum Gasteiger partial charge on any atom is 0.201 e. The Balaban J connectivity index is 0.980. The molecule has 1 aliphatic heterocycles. The van der Waals surface area contributed by atoms with Crippen LogP contribution in [0.5, 0.6) is 0 Å². The third-order valence-electron chi connectivity index (χ3n) is 8.09. The van der Waals surface area contributed by atoms with Gasteiger partial charge in [0.15, 0.2) is 0 Å². The average Bonchev–Trinajstić information content (AvgIpc) is 2.86. The average molecular weight is 502 g/mol. The van der Waals surface area contributed by atoms with Gasteiger partial charge in [-0.1, -0.05) is 11.6 Å². The lowest BCUT2D eigenvalue weighted by molar-refractivity contribution is -0.512. The molecule has 0 amide bonds. The van der Waals surface area contributed by atoms with Crippen LogP contribution in [0.3, 0.4) is 0 Å². The molecule has 0 radical (unpaired) electrons. The summed E-state index contributed by atoms with van der Waals surface area (Å²) in [6.07, 6.45) is 11.2. The molecule has 2 aromatic rings. The lowest BCUT2D eigenvalue weighted by atomic mass is 9.81. The first-order valence-electron chi connectivity index (χ1n) is 13.4. The van der Waals surface area contributed by atoms with Crippen LogP contribution < -0.4 is 10.6 Å². The van der Waals surface area contributed by atoms with E-state index in [0.29, 0.717) is 12.5 Å². The highest BCUT2D eigenvalue weighted by Crippen LogP contribution is 2.40. The van der Waals surface area contributed by atoms with Gasteiger partial charge in [0.25, 0.3) is 0 Å². The zero-order chi connectivity index (χ0) is 24.3. The molecule has 1 aromatic carbocycles. The summed E-state index contributed by atoms with van der Waals surface area (Å²) in [4.78, 5) is 15.7. The summed E-state index contributed by atoms with van der Waals surface area (Å²) < 4.78 is 6.07. The summed E-state index contributed by atoms with van der Waals surface area (Å²) in [6.45, 7) is 7.86. The molecule has 3 fully saturated rings. The first kappa shape index (κ1) is 25.2. The molecule has 0 bridgehead atoms. The second-order valence-corrected chi connectivity index (χ2v) is 12.0. The quantitative estimate of drug-likeness (QED) is 0.431. The largest absolute Gasteiger partial charge is 0.384 e. The van der Waals surface area contributed by atoms with Crippen molar-refractivity contribution in [2.45, 2.75) is 76.6 Å². The Morgan fingerprint density at radius 1 is 0.914 bits per heavy atom. The number of rotatable bonds is 7. The highest BCUT2D eigenvalue weighted by Gasteiger charge is 2.44. The van der Waals surface area contributed by atoms with E-state index in [9.17, 15) is 0 Å². The van der Waals surface area contributed by atoms with Gasteiger partial charge in [-0.2, -0.15) is 0 Å². The topological polar surface area (TPSA) is 64.6 Å². The number of fused-ring (bicyclic) bond motifs is 1. The van der Waals surface area contributed by atoms with Crippen LogP contribution in [0.4, 0.5) is 5.69 Å². The number of halogens is 1. The van der Waals surface area contributed by atoms with Gasteiger partial charge in [0.2, 0.25) is 5.79 Å². The molecule has 1 saturated heterocycles. The van der Waals surface area contributed by atoms with Crippen LogP contribution in [-0.4, -0.2) is 42.6 Å². The van der Waals surface area contributed by atoms with E-state index >= 15 is 0 Å². The molecule has 1 spiro atoms. The summed E-state index contributed by atoms with van der Waals surface area (Å²) in [5.41, 5.74) is 1.76. The van der Waals surface area contributed by atoms with E-state index in [2.05, 4.69) is 27.8 Å². The minimum absolute atomic E-state index is 0.346. The molecule has 3 aliphatic rings. The van der Waals surface area contributed by atoms with Gasteiger partial charge in [-0.3, -0.25) is 4.98 Å². The highest BCUT2D eigenvalue weighted by atomic mass is 35.5. The molecule has 7 heteroatoms. The molecule has 2 aliphatic carbocycles. The summed E-state index contributed by atoms with van der Waals surface area (Å²) in [6, 6.07) is 8.00. The van der Waals surface area contributed by atoms with Gasteiger partial charge in [0.1, 0.15) is 5.60 Å². The van der Waals surface area contributed by atoms with Crippen molar-refractivity contribution in [3.8, 4) is 0 Å². The van der Waals surface area contributed by atoms with E-state index in [0.717, 1.165) is 78.8 Å². The second kappa shape index (κ2) is 10.9. The van der Waals surface area contributed by atoms with Crippen LogP contribution in [0.15, 0.2) is 30.5 Å². The third kappa shape index (κ3) is 6.47. The van der Waals surface area contributed by atoms with Crippen LogP contribution in [0, 0.1) is 17.8 Å². The molecule has 0 unspecified atom stereocenters. The van der Waals surface area contributed by atoms with Gasteiger partial charge in [-0.05, 0) is 107 Å². The van der Waals surface area contributed by atoms with E-state index in [4.69, 9.17) is 26.1 Å². The Morgan fingerprint density at radius 3 is 2.29 bits per heavy atom. The number of hydrogen-bond acceptors (Lipinski definition) is 6. The molecule has 6 nitrogen and oxygen atoms in total. The fourth-order valence-electron chi connectivity index (χ4n) is 5.75. The Labute approximate surface area is 214 Å². The summed E-state index contributed by atoms with van der Waals surface area (Å²) in [7, 11) is 0. The number of anilines is 1. The fourth-order valence-corrected chi connectivity index (χ4v) is 5.92. The normalized spacial score (nSPS) is 31.0. The molecule has 192 valence electrons. The van der Waals surface area contributed by atoms with Crippen molar-refractivity contribution in [3.63, 3.8) is 0 Å². The predicted molar refractivity (Wildman–Crippen MR) is 140 cm³/mol. The third-order valence-corrected chi connectivity index (χ3v) is 8.32. The molecule has 0 atom stereocenters. The maximum absolute atomic E-state index is 6.12. The second-order valence-electron chi connectivity index (χ2n) is 11.5. The zero-order valence-electron chi connectivity index (χ0n) is 21.2. The highest BCUT2D eigenvalue weighted by molar-refractivity contribution is 6.31. The van der Waals surface area contributed by atoms with Gasteiger partial charge in [0.05, 0.1) is 12.1 Å². The smallest absolute Gasteiger partial charge is 0.201 e. The molecule has 35 heavy (non-hydrogen) atoms. The van der Waals surface area contributed by atoms with Crippen LogP contribution in [0.2, 0.25) is 5.02 Å². The van der Waals surface area contributed by atoms with Crippen molar-refractivity contribution < 1.29 is 14.5 Å². The first-order chi connectivity index (χ1) is 16.9. The predicted octanol–water partition coefficient (Wildman–Crippen LogP) is 6.34. The Hall–Kier alpha value is -1.44. The number of ether oxygens (including phenoxy) is 1. The van der Waals surface area contributed by atoms with Gasteiger partial charge in [-0.25, -0.2) is 9.78 Å². The van der Waals surface area contributed by atoms with Crippen molar-refractivity contribution in [3.05, 3.63) is 35.5 Å².